The number of nitrogens with one attached hydrogen (secondary N) is 1. The van der Waals surface area contributed by atoms with Crippen LogP contribution in [0.3, 0.4) is 0 Å². The van der Waals surface area contributed by atoms with Gasteiger partial charge in [0.2, 0.25) is 0 Å². The topological polar surface area (TPSA) is 51.2 Å². The number of hydrogen-bond acceptors (Lipinski definition) is 3. The van der Waals surface area contributed by atoms with Crippen molar-refractivity contribution < 1.29 is 8.81 Å². The molecule has 18 heavy (non-hydrogen) atoms. The lowest BCUT2D eigenvalue weighted by Crippen LogP contribution is -2.38. The van der Waals surface area contributed by atoms with E-state index in [4.69, 9.17) is 21.9 Å². The molecule has 1 aromatic carbocycles. The van der Waals surface area contributed by atoms with Crippen molar-refractivity contribution in [3.05, 3.63) is 58.8 Å². The van der Waals surface area contributed by atoms with E-state index in [2.05, 4.69) is 5.43 Å². The van der Waals surface area contributed by atoms with Crippen molar-refractivity contribution in [1.82, 2.24) is 5.43 Å². The fourth-order valence-corrected chi connectivity index (χ4v) is 2.03. The lowest BCUT2D eigenvalue weighted by atomic mass is 10.0. The van der Waals surface area contributed by atoms with Gasteiger partial charge in [-0.1, -0.05) is 23.7 Å². The third-order valence-electron chi connectivity index (χ3n) is 2.76. The Kier molecular flexibility index (Phi) is 4.36. The Balaban J connectivity index is 2.08. The van der Waals surface area contributed by atoms with Gasteiger partial charge in [-0.25, -0.2) is 4.39 Å². The molecule has 5 heteroatoms. The van der Waals surface area contributed by atoms with Gasteiger partial charge in [-0.15, -0.1) is 0 Å². The van der Waals surface area contributed by atoms with Gasteiger partial charge in [-0.3, -0.25) is 11.3 Å². The second-order valence-corrected chi connectivity index (χ2v) is 4.47. The second kappa shape index (κ2) is 6.00. The van der Waals surface area contributed by atoms with E-state index in [1.54, 1.807) is 18.4 Å². The molecular formula is C13H14ClFN2O. The van der Waals surface area contributed by atoms with Crippen molar-refractivity contribution in [2.75, 3.05) is 0 Å². The predicted octanol–water partition coefficient (Wildman–Crippen LogP) is 2.69. The number of halogens is 2. The number of benzene rings is 1. The summed E-state index contributed by atoms with van der Waals surface area (Å²) in [5.74, 6) is 5.89. The van der Waals surface area contributed by atoms with Gasteiger partial charge < -0.3 is 4.42 Å². The van der Waals surface area contributed by atoms with Crippen LogP contribution < -0.4 is 11.3 Å². The minimum absolute atomic E-state index is 0.107. The summed E-state index contributed by atoms with van der Waals surface area (Å²) in [5.41, 5.74) is 3.20. The molecule has 0 radical (unpaired) electrons. The molecule has 0 bridgehead atoms. The zero-order valence-corrected chi connectivity index (χ0v) is 10.5. The number of hydrazine groups is 1. The Bertz CT molecular complexity index is 502. The first-order chi connectivity index (χ1) is 8.70. The zero-order valence-electron chi connectivity index (χ0n) is 9.70. The molecule has 1 aromatic heterocycles. The van der Waals surface area contributed by atoms with E-state index in [0.29, 0.717) is 18.4 Å². The monoisotopic (exact) mass is 268 g/mol. The third kappa shape index (κ3) is 3.10. The van der Waals surface area contributed by atoms with Crippen molar-refractivity contribution in [1.29, 1.82) is 0 Å². The molecule has 3 N–H and O–H groups in total. The van der Waals surface area contributed by atoms with Gasteiger partial charge in [0.15, 0.2) is 0 Å². The maximum atomic E-state index is 13.8. The minimum Gasteiger partial charge on any atom is -0.469 e. The van der Waals surface area contributed by atoms with Crippen molar-refractivity contribution in [2.24, 2.45) is 5.84 Å². The minimum atomic E-state index is -0.390. The fourth-order valence-electron chi connectivity index (χ4n) is 1.83. The van der Waals surface area contributed by atoms with Gasteiger partial charge in [0.1, 0.15) is 11.6 Å². The molecule has 0 amide bonds. The Morgan fingerprint density at radius 1 is 1.28 bits per heavy atom. The quantitative estimate of drug-likeness (QED) is 0.648. The lowest BCUT2D eigenvalue weighted by molar-refractivity contribution is 0.440. The molecule has 0 aliphatic carbocycles. The van der Waals surface area contributed by atoms with Crippen LogP contribution in [0, 0.1) is 5.82 Å². The van der Waals surface area contributed by atoms with Crippen LogP contribution in [0.4, 0.5) is 4.39 Å². The van der Waals surface area contributed by atoms with Crippen molar-refractivity contribution in [3.63, 3.8) is 0 Å². The maximum absolute atomic E-state index is 13.8. The molecule has 2 rings (SSSR count). The summed E-state index contributed by atoms with van der Waals surface area (Å²) in [6.45, 7) is 0. The highest BCUT2D eigenvalue weighted by molar-refractivity contribution is 6.30. The largest absolute Gasteiger partial charge is 0.469 e. The Morgan fingerprint density at radius 2 is 2.11 bits per heavy atom. The van der Waals surface area contributed by atoms with E-state index in [0.717, 1.165) is 5.76 Å². The van der Waals surface area contributed by atoms with Gasteiger partial charge >= 0.3 is 0 Å². The zero-order chi connectivity index (χ0) is 13.0. The van der Waals surface area contributed by atoms with Gasteiger partial charge in [0, 0.05) is 12.5 Å². The predicted molar refractivity (Wildman–Crippen MR) is 68.6 cm³/mol. The molecule has 0 saturated heterocycles. The van der Waals surface area contributed by atoms with Gasteiger partial charge in [0.25, 0.3) is 0 Å². The average Bonchev–Trinajstić information content (AvgIpc) is 2.86. The van der Waals surface area contributed by atoms with Crippen LogP contribution >= 0.6 is 11.6 Å². The van der Waals surface area contributed by atoms with Crippen LogP contribution in [0.1, 0.15) is 11.3 Å². The number of rotatable bonds is 5. The van der Waals surface area contributed by atoms with Crippen molar-refractivity contribution in [3.8, 4) is 0 Å². The first-order valence-electron chi connectivity index (χ1n) is 5.62. The number of hydrogen-bond donors (Lipinski definition) is 2. The highest BCUT2D eigenvalue weighted by atomic mass is 35.5. The van der Waals surface area contributed by atoms with Crippen LogP contribution in [0.15, 0.2) is 41.0 Å². The lowest BCUT2D eigenvalue weighted by Gasteiger charge is -2.15. The van der Waals surface area contributed by atoms with E-state index in [-0.39, 0.29) is 16.9 Å². The molecule has 1 atom stereocenters. The Morgan fingerprint density at radius 3 is 2.78 bits per heavy atom. The summed E-state index contributed by atoms with van der Waals surface area (Å²) >= 11 is 5.74. The van der Waals surface area contributed by atoms with Crippen LogP contribution in [-0.2, 0) is 12.8 Å². The molecule has 0 spiro atoms. The molecule has 0 saturated carbocycles. The molecule has 0 fully saturated rings. The van der Waals surface area contributed by atoms with Gasteiger partial charge in [-0.05, 0) is 30.2 Å². The molecule has 3 nitrogen and oxygen atoms in total. The van der Waals surface area contributed by atoms with E-state index >= 15 is 0 Å². The van der Waals surface area contributed by atoms with Gasteiger partial charge in [-0.2, -0.15) is 0 Å². The maximum Gasteiger partial charge on any atom is 0.145 e. The Hall–Kier alpha value is -1.36. The summed E-state index contributed by atoms with van der Waals surface area (Å²) in [4.78, 5) is 0. The van der Waals surface area contributed by atoms with Crippen LogP contribution in [0.5, 0.6) is 0 Å². The summed E-state index contributed by atoms with van der Waals surface area (Å²) < 4.78 is 19.0. The second-order valence-electron chi connectivity index (χ2n) is 4.06. The van der Waals surface area contributed by atoms with Gasteiger partial charge in [0.05, 0.1) is 11.3 Å². The molecule has 0 aliphatic heterocycles. The van der Waals surface area contributed by atoms with E-state index in [1.165, 1.54) is 6.07 Å². The van der Waals surface area contributed by atoms with Crippen molar-refractivity contribution in [2.45, 2.75) is 18.9 Å². The first-order valence-corrected chi connectivity index (χ1v) is 6.00. The first kappa shape index (κ1) is 13.1. The molecule has 1 heterocycles. The smallest absolute Gasteiger partial charge is 0.145 e. The third-order valence-corrected chi connectivity index (χ3v) is 3.05. The Labute approximate surface area is 110 Å². The number of furan rings is 1. The highest BCUT2D eigenvalue weighted by Crippen LogP contribution is 2.19. The standard InChI is InChI=1S/C13H14ClFN2O/c14-12-5-1-3-9(13(12)15)7-10(17-16)8-11-4-2-6-18-11/h1-6,10,17H,7-8,16H2. The average molecular weight is 269 g/mol. The van der Waals surface area contributed by atoms with E-state index < -0.39 is 0 Å². The normalized spacial score (nSPS) is 12.6. The van der Waals surface area contributed by atoms with Crippen molar-refractivity contribution >= 4 is 11.6 Å². The van der Waals surface area contributed by atoms with Crippen LogP contribution in [0.25, 0.3) is 0 Å². The van der Waals surface area contributed by atoms with Crippen LogP contribution in [-0.4, -0.2) is 6.04 Å². The molecule has 96 valence electrons. The molecule has 2 aromatic rings. The van der Waals surface area contributed by atoms with E-state index in [1.807, 2.05) is 12.1 Å². The molecular weight excluding hydrogens is 255 g/mol. The molecule has 0 aliphatic rings. The highest BCUT2D eigenvalue weighted by Gasteiger charge is 2.14. The SMILES string of the molecule is NNC(Cc1ccco1)Cc1cccc(Cl)c1F. The summed E-state index contributed by atoms with van der Waals surface area (Å²) in [6, 6.07) is 8.51. The molecule has 1 unspecified atom stereocenters. The van der Waals surface area contributed by atoms with E-state index in [9.17, 15) is 4.39 Å². The fraction of sp³-hybridized carbons (Fsp3) is 0.231. The summed E-state index contributed by atoms with van der Waals surface area (Å²) in [6.07, 6.45) is 2.64. The number of nitrogens with two attached hydrogens (primary N) is 1. The van der Waals surface area contributed by atoms with Crippen LogP contribution in [0.2, 0.25) is 5.02 Å². The summed E-state index contributed by atoms with van der Waals surface area (Å²) in [5, 5.41) is 0.126. The summed E-state index contributed by atoms with van der Waals surface area (Å²) in [7, 11) is 0.